The molecule has 2 aromatic rings. The second-order valence-corrected chi connectivity index (χ2v) is 7.85. The van der Waals surface area contributed by atoms with Crippen LogP contribution in [-0.2, 0) is 10.2 Å². The Morgan fingerprint density at radius 2 is 1.77 bits per heavy atom. The summed E-state index contributed by atoms with van der Waals surface area (Å²) < 4.78 is 42.2. The summed E-state index contributed by atoms with van der Waals surface area (Å²) in [5.41, 5.74) is 1.37. The van der Waals surface area contributed by atoms with Crippen LogP contribution in [0.5, 0.6) is 0 Å². The molecular formula is C17H20Cl2FN3O2S. The summed E-state index contributed by atoms with van der Waals surface area (Å²) in [6, 6.07) is 10.8. The Hall–Kier alpha value is -1.54. The first kappa shape index (κ1) is 20.8. The number of fused-ring (bicyclic) bond motifs is 1. The average Bonchev–Trinajstić information content (AvgIpc) is 2.79. The van der Waals surface area contributed by atoms with Crippen LogP contribution in [0.3, 0.4) is 0 Å². The van der Waals surface area contributed by atoms with E-state index in [1.54, 1.807) is 24.3 Å². The highest BCUT2D eigenvalue weighted by Crippen LogP contribution is 2.47. The maximum absolute atomic E-state index is 13.4. The molecule has 1 aliphatic heterocycles. The van der Waals surface area contributed by atoms with Gasteiger partial charge in [-0.05, 0) is 56.8 Å². The molecule has 0 atom stereocenters. The van der Waals surface area contributed by atoms with Crippen LogP contribution >= 0.6 is 24.0 Å². The summed E-state index contributed by atoms with van der Waals surface area (Å²) in [5, 5.41) is 3.10. The molecule has 0 radical (unpaired) electrons. The van der Waals surface area contributed by atoms with Gasteiger partial charge in [0.25, 0.3) is 0 Å². The minimum absolute atomic E-state index is 0. The number of hydrogen-bond acceptors (Lipinski definition) is 3. The molecule has 2 aromatic carbocycles. The fourth-order valence-corrected chi connectivity index (χ4v) is 4.96. The summed E-state index contributed by atoms with van der Waals surface area (Å²) in [7, 11) is -1.96. The van der Waals surface area contributed by atoms with Crippen molar-refractivity contribution < 1.29 is 12.8 Å². The Labute approximate surface area is 164 Å². The number of halogens is 3. The molecule has 9 heteroatoms. The monoisotopic (exact) mass is 419 g/mol. The van der Waals surface area contributed by atoms with Crippen LogP contribution in [-0.4, -0.2) is 28.6 Å². The third-order valence-corrected chi connectivity index (χ3v) is 6.14. The lowest BCUT2D eigenvalue weighted by Gasteiger charge is -2.22. The molecule has 1 heterocycles. The van der Waals surface area contributed by atoms with E-state index in [0.717, 1.165) is 25.5 Å². The van der Waals surface area contributed by atoms with Crippen LogP contribution in [0, 0.1) is 5.82 Å². The molecule has 3 rings (SSSR count). The maximum Gasteiger partial charge on any atom is 0.331 e. The van der Waals surface area contributed by atoms with E-state index in [1.807, 2.05) is 7.05 Å². The molecule has 5 nitrogen and oxygen atoms in total. The molecule has 1 aliphatic rings. The molecule has 0 amide bonds. The molecule has 0 spiro atoms. The number of unbranched alkanes of at least 4 members (excludes halogenated alkanes) is 1. The SMILES string of the molecule is CNCCCCN1c2ccccc2N(c2ccc(F)cc2Cl)S1(=O)=O.Cl. The zero-order chi connectivity index (χ0) is 18.0. The number of hydrogen-bond donors (Lipinski definition) is 1. The highest BCUT2D eigenvalue weighted by Gasteiger charge is 2.41. The van der Waals surface area contributed by atoms with Crippen molar-refractivity contribution in [3.63, 3.8) is 0 Å². The minimum Gasteiger partial charge on any atom is -0.320 e. The van der Waals surface area contributed by atoms with Gasteiger partial charge in [0.15, 0.2) is 0 Å². The van der Waals surface area contributed by atoms with Gasteiger partial charge in [-0.25, -0.2) is 8.70 Å². The number of nitrogens with one attached hydrogen (secondary N) is 1. The van der Waals surface area contributed by atoms with Gasteiger partial charge in [0.2, 0.25) is 0 Å². The maximum atomic E-state index is 13.4. The van der Waals surface area contributed by atoms with Gasteiger partial charge in [-0.2, -0.15) is 8.42 Å². The van der Waals surface area contributed by atoms with Crippen LogP contribution in [0.25, 0.3) is 0 Å². The number of benzene rings is 2. The zero-order valence-electron chi connectivity index (χ0n) is 14.2. The molecule has 0 saturated carbocycles. The van der Waals surface area contributed by atoms with Crippen molar-refractivity contribution in [3.8, 4) is 0 Å². The molecule has 0 aliphatic carbocycles. The topological polar surface area (TPSA) is 52.6 Å². The van der Waals surface area contributed by atoms with E-state index < -0.39 is 16.0 Å². The molecular weight excluding hydrogens is 400 g/mol. The molecule has 0 unspecified atom stereocenters. The molecule has 0 bridgehead atoms. The molecule has 0 saturated heterocycles. The fourth-order valence-electron chi connectivity index (χ4n) is 2.89. The van der Waals surface area contributed by atoms with Crippen molar-refractivity contribution in [2.45, 2.75) is 12.8 Å². The van der Waals surface area contributed by atoms with Gasteiger partial charge in [-0.3, -0.25) is 4.31 Å². The van der Waals surface area contributed by atoms with E-state index in [1.165, 1.54) is 20.7 Å². The van der Waals surface area contributed by atoms with Gasteiger partial charge in [-0.1, -0.05) is 23.7 Å². The Bertz CT molecular complexity index is 880. The van der Waals surface area contributed by atoms with Gasteiger partial charge < -0.3 is 5.32 Å². The Morgan fingerprint density at radius 1 is 1.08 bits per heavy atom. The number of anilines is 3. The highest BCUT2D eigenvalue weighted by molar-refractivity contribution is 7.95. The lowest BCUT2D eigenvalue weighted by molar-refractivity contribution is 0.589. The first-order valence-electron chi connectivity index (χ1n) is 7.98. The van der Waals surface area contributed by atoms with E-state index in [-0.39, 0.29) is 23.1 Å². The number of nitrogens with zero attached hydrogens (tertiary/aromatic N) is 2. The third kappa shape index (κ3) is 3.76. The summed E-state index contributed by atoms with van der Waals surface area (Å²) >= 11 is 6.12. The quantitative estimate of drug-likeness (QED) is 0.716. The van der Waals surface area contributed by atoms with E-state index in [9.17, 15) is 12.8 Å². The van der Waals surface area contributed by atoms with Gasteiger partial charge in [0.05, 0.1) is 22.1 Å². The smallest absolute Gasteiger partial charge is 0.320 e. The number of para-hydroxylation sites is 2. The number of rotatable bonds is 6. The summed E-state index contributed by atoms with van der Waals surface area (Å²) in [4.78, 5) is 0. The largest absolute Gasteiger partial charge is 0.331 e. The predicted octanol–water partition coefficient (Wildman–Crippen LogP) is 4.10. The first-order chi connectivity index (χ1) is 12.0. The van der Waals surface area contributed by atoms with Gasteiger partial charge >= 0.3 is 10.2 Å². The highest BCUT2D eigenvalue weighted by atomic mass is 35.5. The third-order valence-electron chi connectivity index (χ3n) is 4.04. The van der Waals surface area contributed by atoms with Crippen molar-refractivity contribution in [2.75, 3.05) is 28.7 Å². The normalized spacial score (nSPS) is 14.9. The van der Waals surface area contributed by atoms with Crippen LogP contribution in [0.15, 0.2) is 42.5 Å². The van der Waals surface area contributed by atoms with Crippen molar-refractivity contribution in [1.82, 2.24) is 5.32 Å². The van der Waals surface area contributed by atoms with Gasteiger partial charge in [-0.15, -0.1) is 12.4 Å². The minimum atomic E-state index is -3.82. The summed E-state index contributed by atoms with van der Waals surface area (Å²) in [6.45, 7) is 1.19. The fraction of sp³-hybridized carbons (Fsp3) is 0.294. The standard InChI is InChI=1S/C17H19ClFN3O2S.ClH/c1-20-10-4-5-11-21-16-6-2-3-7-17(16)22(25(21,23)24)15-9-8-13(19)12-14(15)18;/h2-3,6-9,12,20H,4-5,10-11H2,1H3;1H. The van der Waals surface area contributed by atoms with Crippen LogP contribution in [0.4, 0.5) is 21.5 Å². The second kappa shape index (κ2) is 8.43. The van der Waals surface area contributed by atoms with Gasteiger partial charge in [0.1, 0.15) is 5.82 Å². The summed E-state index contributed by atoms with van der Waals surface area (Å²) in [6.07, 6.45) is 1.58. The van der Waals surface area contributed by atoms with E-state index in [4.69, 9.17) is 11.6 Å². The molecule has 1 N–H and O–H groups in total. The molecule has 142 valence electrons. The van der Waals surface area contributed by atoms with Crippen molar-refractivity contribution in [1.29, 1.82) is 0 Å². The average molecular weight is 420 g/mol. The molecule has 0 fully saturated rings. The van der Waals surface area contributed by atoms with E-state index in [0.29, 0.717) is 17.9 Å². The predicted molar refractivity (Wildman–Crippen MR) is 107 cm³/mol. The Morgan fingerprint density at radius 3 is 2.42 bits per heavy atom. The Balaban J connectivity index is 0.00000243. The van der Waals surface area contributed by atoms with Crippen molar-refractivity contribution in [3.05, 3.63) is 53.3 Å². The summed E-state index contributed by atoms with van der Waals surface area (Å²) in [5.74, 6) is -0.512. The van der Waals surface area contributed by atoms with Crippen molar-refractivity contribution >= 4 is 51.3 Å². The first-order valence-corrected chi connectivity index (χ1v) is 9.76. The molecule has 26 heavy (non-hydrogen) atoms. The lowest BCUT2D eigenvalue weighted by atomic mass is 10.2. The van der Waals surface area contributed by atoms with Crippen LogP contribution in [0.2, 0.25) is 5.02 Å². The van der Waals surface area contributed by atoms with Crippen LogP contribution in [0.1, 0.15) is 12.8 Å². The van der Waals surface area contributed by atoms with Crippen molar-refractivity contribution in [2.24, 2.45) is 0 Å². The Kier molecular flexibility index (Phi) is 6.74. The van der Waals surface area contributed by atoms with Crippen LogP contribution < -0.4 is 13.9 Å². The van der Waals surface area contributed by atoms with E-state index >= 15 is 0 Å². The molecule has 0 aromatic heterocycles. The lowest BCUT2D eigenvalue weighted by Crippen LogP contribution is -2.36. The van der Waals surface area contributed by atoms with Gasteiger partial charge in [0, 0.05) is 6.54 Å². The van der Waals surface area contributed by atoms with E-state index in [2.05, 4.69) is 5.32 Å². The zero-order valence-corrected chi connectivity index (χ0v) is 16.5. The second-order valence-electron chi connectivity index (χ2n) is 5.74.